The SMILES string of the molecule is COc1ccc(NC(=O)CNCC(O)C(F)(F)F)cc1. The van der Waals surface area contributed by atoms with Gasteiger partial charge in [-0.05, 0) is 24.3 Å². The molecule has 5 nitrogen and oxygen atoms in total. The van der Waals surface area contributed by atoms with Gasteiger partial charge in [0.2, 0.25) is 5.91 Å². The molecule has 0 saturated carbocycles. The molecule has 20 heavy (non-hydrogen) atoms. The standard InChI is InChI=1S/C12H15F3N2O3/c1-20-9-4-2-8(3-5-9)17-11(19)7-16-6-10(18)12(13,14)15/h2-5,10,16,18H,6-7H2,1H3,(H,17,19). The molecule has 112 valence electrons. The number of methoxy groups -OCH3 is 1. The number of hydrogen-bond donors (Lipinski definition) is 3. The van der Waals surface area contributed by atoms with Crippen LogP contribution in [0.1, 0.15) is 0 Å². The summed E-state index contributed by atoms with van der Waals surface area (Å²) in [5.74, 6) is 0.110. The van der Waals surface area contributed by atoms with Gasteiger partial charge in [-0.3, -0.25) is 4.79 Å². The quantitative estimate of drug-likeness (QED) is 0.735. The second-order valence-electron chi connectivity index (χ2n) is 3.96. The second-order valence-corrected chi connectivity index (χ2v) is 3.96. The van der Waals surface area contributed by atoms with Crippen LogP contribution < -0.4 is 15.4 Å². The highest BCUT2D eigenvalue weighted by molar-refractivity contribution is 5.92. The van der Waals surface area contributed by atoms with Gasteiger partial charge in [-0.2, -0.15) is 13.2 Å². The van der Waals surface area contributed by atoms with Gasteiger partial charge >= 0.3 is 6.18 Å². The van der Waals surface area contributed by atoms with Gasteiger partial charge in [0, 0.05) is 12.2 Å². The number of carbonyl (C=O) groups is 1. The summed E-state index contributed by atoms with van der Waals surface area (Å²) in [5.41, 5.74) is 0.494. The van der Waals surface area contributed by atoms with E-state index < -0.39 is 24.7 Å². The van der Waals surface area contributed by atoms with Crippen molar-refractivity contribution in [3.8, 4) is 5.75 Å². The van der Waals surface area contributed by atoms with Crippen molar-refractivity contribution >= 4 is 11.6 Å². The van der Waals surface area contributed by atoms with Crippen LogP contribution >= 0.6 is 0 Å². The topological polar surface area (TPSA) is 70.6 Å². The van der Waals surface area contributed by atoms with Crippen LogP contribution in [0.4, 0.5) is 18.9 Å². The fourth-order valence-corrected chi connectivity index (χ4v) is 1.32. The van der Waals surface area contributed by atoms with Crippen LogP contribution in [0.3, 0.4) is 0 Å². The highest BCUT2D eigenvalue weighted by Crippen LogP contribution is 2.19. The summed E-state index contributed by atoms with van der Waals surface area (Å²) in [6.07, 6.45) is -7.18. The third-order valence-electron chi connectivity index (χ3n) is 2.37. The van der Waals surface area contributed by atoms with Crippen molar-refractivity contribution < 1.29 is 27.8 Å². The highest BCUT2D eigenvalue weighted by atomic mass is 19.4. The summed E-state index contributed by atoms with van der Waals surface area (Å²) >= 11 is 0. The normalized spacial score (nSPS) is 12.8. The Bertz CT molecular complexity index is 435. The van der Waals surface area contributed by atoms with Crippen LogP contribution in [0.5, 0.6) is 5.75 Å². The molecule has 0 aliphatic heterocycles. The summed E-state index contributed by atoms with van der Waals surface area (Å²) in [5, 5.41) is 13.4. The molecule has 0 aromatic heterocycles. The second kappa shape index (κ2) is 7.11. The minimum absolute atomic E-state index is 0.334. The number of aliphatic hydroxyl groups is 1. The Morgan fingerprint density at radius 2 is 1.95 bits per heavy atom. The zero-order valence-electron chi connectivity index (χ0n) is 10.7. The summed E-state index contributed by atoms with van der Waals surface area (Å²) in [7, 11) is 1.50. The fourth-order valence-electron chi connectivity index (χ4n) is 1.32. The Kier molecular flexibility index (Phi) is 5.78. The molecule has 8 heteroatoms. The minimum Gasteiger partial charge on any atom is -0.497 e. The zero-order valence-corrected chi connectivity index (χ0v) is 10.7. The van der Waals surface area contributed by atoms with Gasteiger partial charge in [0.25, 0.3) is 0 Å². The first kappa shape index (κ1) is 16.3. The van der Waals surface area contributed by atoms with Crippen molar-refractivity contribution in [2.75, 3.05) is 25.5 Å². The maximum Gasteiger partial charge on any atom is 0.415 e. The van der Waals surface area contributed by atoms with Gasteiger partial charge in [0.15, 0.2) is 6.10 Å². The number of halogens is 3. The highest BCUT2D eigenvalue weighted by Gasteiger charge is 2.37. The van der Waals surface area contributed by atoms with E-state index >= 15 is 0 Å². The predicted octanol–water partition coefficient (Wildman–Crippen LogP) is 1.15. The maximum absolute atomic E-state index is 12.0. The van der Waals surface area contributed by atoms with Gasteiger partial charge < -0.3 is 20.5 Å². The molecule has 0 aliphatic rings. The number of carbonyl (C=O) groups excluding carboxylic acids is 1. The summed E-state index contributed by atoms with van der Waals surface area (Å²) in [4.78, 5) is 11.4. The van der Waals surface area contributed by atoms with E-state index in [0.717, 1.165) is 0 Å². The number of rotatable bonds is 6. The van der Waals surface area contributed by atoms with Crippen molar-refractivity contribution in [3.05, 3.63) is 24.3 Å². The molecule has 1 aromatic rings. The Morgan fingerprint density at radius 1 is 1.35 bits per heavy atom. The monoisotopic (exact) mass is 292 g/mol. The Morgan fingerprint density at radius 3 is 2.45 bits per heavy atom. The number of hydrogen-bond acceptors (Lipinski definition) is 4. The molecule has 0 bridgehead atoms. The molecular weight excluding hydrogens is 277 g/mol. The van der Waals surface area contributed by atoms with Crippen molar-refractivity contribution in [2.24, 2.45) is 0 Å². The first-order chi connectivity index (χ1) is 9.32. The zero-order chi connectivity index (χ0) is 15.2. The number of aliphatic hydroxyl groups excluding tert-OH is 1. The smallest absolute Gasteiger partial charge is 0.415 e. The van der Waals surface area contributed by atoms with Crippen LogP contribution in [0.15, 0.2) is 24.3 Å². The number of amides is 1. The summed E-state index contributed by atoms with van der Waals surface area (Å²) < 4.78 is 40.9. The molecule has 0 saturated heterocycles. The minimum atomic E-state index is -4.69. The summed E-state index contributed by atoms with van der Waals surface area (Å²) in [6, 6.07) is 6.47. The molecule has 0 fully saturated rings. The van der Waals surface area contributed by atoms with Gasteiger partial charge in [-0.1, -0.05) is 0 Å². The van der Waals surface area contributed by atoms with Crippen molar-refractivity contribution in [3.63, 3.8) is 0 Å². The number of ether oxygens (including phenoxy) is 1. The van der Waals surface area contributed by atoms with E-state index in [1.165, 1.54) is 7.11 Å². The first-order valence-corrected chi connectivity index (χ1v) is 5.72. The number of benzene rings is 1. The first-order valence-electron chi connectivity index (χ1n) is 5.72. The molecule has 1 unspecified atom stereocenters. The largest absolute Gasteiger partial charge is 0.497 e. The number of nitrogens with one attached hydrogen (secondary N) is 2. The molecule has 3 N–H and O–H groups in total. The van der Waals surface area contributed by atoms with E-state index in [1.54, 1.807) is 24.3 Å². The number of anilines is 1. The van der Waals surface area contributed by atoms with Gasteiger partial charge in [-0.15, -0.1) is 0 Å². The molecule has 0 aliphatic carbocycles. The third-order valence-corrected chi connectivity index (χ3v) is 2.37. The van der Waals surface area contributed by atoms with Crippen molar-refractivity contribution in [1.29, 1.82) is 0 Å². The number of alkyl halides is 3. The molecular formula is C12H15F3N2O3. The third kappa shape index (κ3) is 5.45. The van der Waals surface area contributed by atoms with Crippen LogP contribution in [-0.2, 0) is 4.79 Å². The molecule has 0 radical (unpaired) electrons. The van der Waals surface area contributed by atoms with E-state index in [9.17, 15) is 18.0 Å². The molecule has 1 amide bonds. The van der Waals surface area contributed by atoms with Gasteiger partial charge in [-0.25, -0.2) is 0 Å². The van der Waals surface area contributed by atoms with Gasteiger partial charge in [0.05, 0.1) is 13.7 Å². The van der Waals surface area contributed by atoms with Crippen LogP contribution in [0.2, 0.25) is 0 Å². The Labute approximate surface area is 113 Å². The molecule has 0 heterocycles. The lowest BCUT2D eigenvalue weighted by atomic mass is 10.3. The van der Waals surface area contributed by atoms with E-state index in [1.807, 2.05) is 0 Å². The summed E-state index contributed by atoms with van der Waals surface area (Å²) in [6.45, 7) is -1.07. The average Bonchev–Trinajstić information content (AvgIpc) is 2.38. The predicted molar refractivity (Wildman–Crippen MR) is 66.6 cm³/mol. The van der Waals surface area contributed by atoms with E-state index in [2.05, 4.69) is 10.6 Å². The maximum atomic E-state index is 12.0. The van der Waals surface area contributed by atoms with Crippen LogP contribution in [0, 0.1) is 0 Å². The average molecular weight is 292 g/mol. The van der Waals surface area contributed by atoms with Crippen molar-refractivity contribution in [1.82, 2.24) is 5.32 Å². The molecule has 1 atom stereocenters. The molecule has 1 rings (SSSR count). The van der Waals surface area contributed by atoms with Crippen LogP contribution in [0.25, 0.3) is 0 Å². The lowest BCUT2D eigenvalue weighted by Crippen LogP contribution is -2.41. The van der Waals surface area contributed by atoms with Crippen LogP contribution in [-0.4, -0.2) is 43.5 Å². The fraction of sp³-hybridized carbons (Fsp3) is 0.417. The van der Waals surface area contributed by atoms with E-state index in [0.29, 0.717) is 11.4 Å². The molecule has 1 aromatic carbocycles. The lowest BCUT2D eigenvalue weighted by molar-refractivity contribution is -0.201. The molecule has 0 spiro atoms. The Balaban J connectivity index is 2.33. The van der Waals surface area contributed by atoms with E-state index in [4.69, 9.17) is 9.84 Å². The lowest BCUT2D eigenvalue weighted by Gasteiger charge is -2.14. The van der Waals surface area contributed by atoms with E-state index in [-0.39, 0.29) is 6.54 Å². The van der Waals surface area contributed by atoms with Gasteiger partial charge in [0.1, 0.15) is 5.75 Å². The Hall–Kier alpha value is -1.80. The van der Waals surface area contributed by atoms with Crippen molar-refractivity contribution in [2.45, 2.75) is 12.3 Å².